The van der Waals surface area contributed by atoms with Gasteiger partial charge in [-0.05, 0) is 37.0 Å². The first kappa shape index (κ1) is 12.1. The molecule has 0 fully saturated rings. The van der Waals surface area contributed by atoms with Gasteiger partial charge in [0.05, 0.1) is 6.10 Å². The van der Waals surface area contributed by atoms with E-state index in [9.17, 15) is 0 Å². The van der Waals surface area contributed by atoms with Crippen molar-refractivity contribution in [1.29, 1.82) is 0 Å². The monoisotopic (exact) mass is 206 g/mol. The number of rotatable bonds is 5. The predicted molar refractivity (Wildman–Crippen MR) is 65.5 cm³/mol. The molecule has 1 atom stereocenters. The largest absolute Gasteiger partial charge is 0.491 e. The van der Waals surface area contributed by atoms with Gasteiger partial charge in [0.1, 0.15) is 5.75 Å². The highest BCUT2D eigenvalue weighted by molar-refractivity contribution is 5.28. The zero-order chi connectivity index (χ0) is 11.3. The molecule has 0 aliphatic carbocycles. The molecule has 0 saturated carbocycles. The van der Waals surface area contributed by atoms with E-state index < -0.39 is 0 Å². The van der Waals surface area contributed by atoms with Crippen LogP contribution < -0.4 is 4.74 Å². The molecule has 1 aromatic carbocycles. The molecule has 0 aliphatic heterocycles. The molecule has 1 unspecified atom stereocenters. The molecule has 0 heterocycles. The van der Waals surface area contributed by atoms with Crippen molar-refractivity contribution >= 4 is 0 Å². The van der Waals surface area contributed by atoms with Crippen molar-refractivity contribution in [2.24, 2.45) is 0 Å². The molecule has 84 valence electrons. The van der Waals surface area contributed by atoms with Crippen LogP contribution in [0.25, 0.3) is 0 Å². The van der Waals surface area contributed by atoms with Gasteiger partial charge in [-0.1, -0.05) is 39.3 Å². The van der Waals surface area contributed by atoms with Crippen molar-refractivity contribution in [3.8, 4) is 5.75 Å². The number of hydrogen-bond donors (Lipinski definition) is 0. The Hall–Kier alpha value is -0.980. The fourth-order valence-corrected chi connectivity index (χ4v) is 1.63. The summed E-state index contributed by atoms with van der Waals surface area (Å²) in [6, 6.07) is 8.44. The first-order chi connectivity index (χ1) is 7.13. The van der Waals surface area contributed by atoms with E-state index in [2.05, 4.69) is 52.0 Å². The zero-order valence-corrected chi connectivity index (χ0v) is 10.3. The van der Waals surface area contributed by atoms with Gasteiger partial charge in [-0.3, -0.25) is 0 Å². The predicted octanol–water partition coefficient (Wildman–Crippen LogP) is 4.38. The van der Waals surface area contributed by atoms with Crippen molar-refractivity contribution in [3.63, 3.8) is 0 Å². The SMILES string of the molecule is CCCC(C)Oc1ccc(C(C)C)cc1. The Morgan fingerprint density at radius 1 is 1.07 bits per heavy atom. The lowest BCUT2D eigenvalue weighted by Crippen LogP contribution is -2.10. The van der Waals surface area contributed by atoms with Crippen LogP contribution in [0.5, 0.6) is 5.75 Å². The Morgan fingerprint density at radius 2 is 1.67 bits per heavy atom. The second-order valence-electron chi connectivity index (χ2n) is 4.44. The minimum Gasteiger partial charge on any atom is -0.491 e. The normalized spacial score (nSPS) is 12.9. The smallest absolute Gasteiger partial charge is 0.119 e. The maximum Gasteiger partial charge on any atom is 0.119 e. The van der Waals surface area contributed by atoms with E-state index in [-0.39, 0.29) is 0 Å². The fourth-order valence-electron chi connectivity index (χ4n) is 1.63. The minimum absolute atomic E-state index is 0.319. The first-order valence-corrected chi connectivity index (χ1v) is 5.90. The van der Waals surface area contributed by atoms with Gasteiger partial charge < -0.3 is 4.74 Å². The summed E-state index contributed by atoms with van der Waals surface area (Å²) in [4.78, 5) is 0. The Kier molecular flexibility index (Phi) is 4.67. The van der Waals surface area contributed by atoms with Crippen LogP contribution in [0.2, 0.25) is 0 Å². The third kappa shape index (κ3) is 3.94. The molecule has 0 radical (unpaired) electrons. The number of benzene rings is 1. The van der Waals surface area contributed by atoms with E-state index in [1.54, 1.807) is 0 Å². The van der Waals surface area contributed by atoms with Crippen LogP contribution in [0, 0.1) is 0 Å². The van der Waals surface area contributed by atoms with E-state index in [1.165, 1.54) is 12.0 Å². The van der Waals surface area contributed by atoms with E-state index in [4.69, 9.17) is 4.74 Å². The summed E-state index contributed by atoms with van der Waals surface area (Å²) >= 11 is 0. The third-order valence-electron chi connectivity index (χ3n) is 2.58. The van der Waals surface area contributed by atoms with Crippen LogP contribution in [0.1, 0.15) is 52.0 Å². The van der Waals surface area contributed by atoms with Crippen molar-refractivity contribution in [2.45, 2.75) is 52.6 Å². The summed E-state index contributed by atoms with van der Waals surface area (Å²) in [6.07, 6.45) is 2.61. The van der Waals surface area contributed by atoms with Crippen molar-refractivity contribution in [1.82, 2.24) is 0 Å². The molecule has 0 aliphatic rings. The van der Waals surface area contributed by atoms with Crippen molar-refractivity contribution in [2.75, 3.05) is 0 Å². The molecule has 0 amide bonds. The minimum atomic E-state index is 0.319. The van der Waals surface area contributed by atoms with Gasteiger partial charge in [-0.25, -0.2) is 0 Å². The second-order valence-corrected chi connectivity index (χ2v) is 4.44. The van der Waals surface area contributed by atoms with Gasteiger partial charge in [0, 0.05) is 0 Å². The average molecular weight is 206 g/mol. The van der Waals surface area contributed by atoms with Crippen LogP contribution >= 0.6 is 0 Å². The molecule has 15 heavy (non-hydrogen) atoms. The Labute approximate surface area is 93.5 Å². The van der Waals surface area contributed by atoms with Gasteiger partial charge >= 0.3 is 0 Å². The van der Waals surface area contributed by atoms with Crippen LogP contribution in [-0.2, 0) is 0 Å². The van der Waals surface area contributed by atoms with Gasteiger partial charge in [-0.2, -0.15) is 0 Å². The average Bonchev–Trinajstić information content (AvgIpc) is 2.18. The molecule has 1 nitrogen and oxygen atoms in total. The molecule has 1 aromatic rings. The van der Waals surface area contributed by atoms with Crippen LogP contribution in [0.15, 0.2) is 24.3 Å². The summed E-state index contributed by atoms with van der Waals surface area (Å²) < 4.78 is 5.79. The standard InChI is InChI=1S/C14H22O/c1-5-6-12(4)15-14-9-7-13(8-10-14)11(2)3/h7-12H,5-6H2,1-4H3. The molecule has 1 rings (SSSR count). The first-order valence-electron chi connectivity index (χ1n) is 5.90. The Morgan fingerprint density at radius 3 is 2.13 bits per heavy atom. The Bertz CT molecular complexity index is 274. The van der Waals surface area contributed by atoms with Crippen LogP contribution in [0.4, 0.5) is 0 Å². The van der Waals surface area contributed by atoms with Crippen LogP contribution in [0.3, 0.4) is 0 Å². The highest BCUT2D eigenvalue weighted by Gasteiger charge is 2.03. The summed E-state index contributed by atoms with van der Waals surface area (Å²) in [5.41, 5.74) is 1.37. The number of ether oxygens (including phenoxy) is 1. The summed E-state index contributed by atoms with van der Waals surface area (Å²) in [5, 5.41) is 0. The lowest BCUT2D eigenvalue weighted by atomic mass is 10.0. The maximum absolute atomic E-state index is 5.79. The van der Waals surface area contributed by atoms with Gasteiger partial charge in [-0.15, -0.1) is 0 Å². The van der Waals surface area contributed by atoms with Gasteiger partial charge in [0.15, 0.2) is 0 Å². The van der Waals surface area contributed by atoms with Crippen molar-refractivity contribution < 1.29 is 4.74 Å². The molecule has 0 saturated heterocycles. The summed E-state index contributed by atoms with van der Waals surface area (Å²) in [6.45, 7) is 8.72. The maximum atomic E-state index is 5.79. The summed E-state index contributed by atoms with van der Waals surface area (Å²) in [7, 11) is 0. The van der Waals surface area contributed by atoms with Gasteiger partial charge in [0.2, 0.25) is 0 Å². The number of hydrogen-bond acceptors (Lipinski definition) is 1. The zero-order valence-electron chi connectivity index (χ0n) is 10.3. The highest BCUT2D eigenvalue weighted by Crippen LogP contribution is 2.19. The molecular formula is C14H22O. The molecule has 0 bridgehead atoms. The van der Waals surface area contributed by atoms with E-state index >= 15 is 0 Å². The molecule has 0 N–H and O–H groups in total. The fraction of sp³-hybridized carbons (Fsp3) is 0.571. The second kappa shape index (κ2) is 5.79. The molecule has 0 spiro atoms. The highest BCUT2D eigenvalue weighted by atomic mass is 16.5. The molecule has 0 aromatic heterocycles. The van der Waals surface area contributed by atoms with Crippen LogP contribution in [-0.4, -0.2) is 6.10 Å². The van der Waals surface area contributed by atoms with Crippen molar-refractivity contribution in [3.05, 3.63) is 29.8 Å². The summed E-state index contributed by atoms with van der Waals surface area (Å²) in [5.74, 6) is 1.58. The van der Waals surface area contributed by atoms with Gasteiger partial charge in [0.25, 0.3) is 0 Å². The lowest BCUT2D eigenvalue weighted by Gasteiger charge is -2.14. The molecular weight excluding hydrogens is 184 g/mol. The topological polar surface area (TPSA) is 9.23 Å². The van der Waals surface area contributed by atoms with E-state index in [0.29, 0.717) is 12.0 Å². The third-order valence-corrected chi connectivity index (χ3v) is 2.58. The Balaban J connectivity index is 2.56. The van der Waals surface area contributed by atoms with E-state index in [1.807, 2.05) is 0 Å². The molecule has 1 heteroatoms. The lowest BCUT2D eigenvalue weighted by molar-refractivity contribution is 0.210. The quantitative estimate of drug-likeness (QED) is 0.694. The van der Waals surface area contributed by atoms with E-state index in [0.717, 1.165) is 12.2 Å².